The second-order valence-electron chi connectivity index (χ2n) is 2.45. The van der Waals surface area contributed by atoms with E-state index >= 15 is 0 Å². The van der Waals surface area contributed by atoms with Crippen LogP contribution in [0.3, 0.4) is 0 Å². The van der Waals surface area contributed by atoms with E-state index in [1.807, 2.05) is 6.07 Å². The summed E-state index contributed by atoms with van der Waals surface area (Å²) in [6.45, 7) is 0. The first-order valence-electron chi connectivity index (χ1n) is 3.59. The number of carbonyl (C=O) groups excluding carboxylic acids is 1. The van der Waals surface area contributed by atoms with Gasteiger partial charge in [0, 0.05) is 3.57 Å². The topological polar surface area (TPSA) is 40.9 Å². The Bertz CT molecular complexity index is 428. The zero-order valence-corrected chi connectivity index (χ0v) is 10.6. The Balaban J connectivity index is 3.42. The van der Waals surface area contributed by atoms with Gasteiger partial charge in [0.15, 0.2) is 5.78 Å². The number of alkyl halides is 1. The minimum atomic E-state index is -0.585. The van der Waals surface area contributed by atoms with E-state index in [0.717, 1.165) is 6.07 Å². The third-order valence-corrected chi connectivity index (χ3v) is 3.24. The van der Waals surface area contributed by atoms with E-state index in [4.69, 9.17) is 5.26 Å². The van der Waals surface area contributed by atoms with Crippen molar-refractivity contribution in [3.8, 4) is 6.07 Å². The van der Waals surface area contributed by atoms with Gasteiger partial charge in [-0.05, 0) is 34.7 Å². The Kier molecular flexibility index (Phi) is 4.01. The first-order valence-corrected chi connectivity index (χ1v) is 5.79. The molecule has 1 aromatic rings. The van der Waals surface area contributed by atoms with E-state index in [9.17, 15) is 9.18 Å². The lowest BCUT2D eigenvalue weighted by atomic mass is 10.1. The average Bonchev–Trinajstić information content (AvgIpc) is 2.18. The van der Waals surface area contributed by atoms with Gasteiger partial charge >= 0.3 is 0 Å². The van der Waals surface area contributed by atoms with Crippen molar-refractivity contribution < 1.29 is 9.18 Å². The molecule has 0 atom stereocenters. The summed E-state index contributed by atoms with van der Waals surface area (Å²) in [5, 5.41) is 8.74. The summed E-state index contributed by atoms with van der Waals surface area (Å²) in [6.07, 6.45) is 0. The summed E-state index contributed by atoms with van der Waals surface area (Å²) in [5.41, 5.74) is 0.304. The third kappa shape index (κ3) is 2.12. The SMILES string of the molecule is N#Cc1ccc(F)c(C(=O)CBr)c1I. The van der Waals surface area contributed by atoms with Crippen molar-refractivity contribution in [2.24, 2.45) is 0 Å². The minimum Gasteiger partial charge on any atom is -0.293 e. The van der Waals surface area contributed by atoms with E-state index in [0.29, 0.717) is 9.13 Å². The fourth-order valence-electron chi connectivity index (χ4n) is 0.961. The van der Waals surface area contributed by atoms with E-state index in [-0.39, 0.29) is 16.7 Å². The number of hydrogen-bond acceptors (Lipinski definition) is 2. The number of Topliss-reactive ketones (excluding diaryl/α,β-unsaturated/α-hetero) is 1. The van der Waals surface area contributed by atoms with Crippen LogP contribution >= 0.6 is 38.5 Å². The van der Waals surface area contributed by atoms with Gasteiger partial charge in [0.2, 0.25) is 0 Å². The largest absolute Gasteiger partial charge is 0.293 e. The maximum absolute atomic E-state index is 13.2. The molecule has 0 saturated heterocycles. The monoisotopic (exact) mass is 367 g/mol. The summed E-state index contributed by atoms with van der Waals surface area (Å²) < 4.78 is 13.6. The van der Waals surface area contributed by atoms with Crippen LogP contribution in [0.25, 0.3) is 0 Å². The highest BCUT2D eigenvalue weighted by molar-refractivity contribution is 14.1. The van der Waals surface area contributed by atoms with E-state index in [1.165, 1.54) is 6.07 Å². The van der Waals surface area contributed by atoms with E-state index in [1.54, 1.807) is 22.6 Å². The van der Waals surface area contributed by atoms with Gasteiger partial charge in [0.05, 0.1) is 16.5 Å². The van der Waals surface area contributed by atoms with E-state index in [2.05, 4.69) is 15.9 Å². The van der Waals surface area contributed by atoms with Crippen molar-refractivity contribution in [2.45, 2.75) is 0 Å². The first kappa shape index (κ1) is 11.6. The molecule has 0 heterocycles. The first-order chi connectivity index (χ1) is 6.61. The minimum absolute atomic E-state index is 0.0125. The highest BCUT2D eigenvalue weighted by Gasteiger charge is 2.17. The lowest BCUT2D eigenvalue weighted by Gasteiger charge is -2.04. The van der Waals surface area contributed by atoms with E-state index < -0.39 is 5.82 Å². The zero-order valence-electron chi connectivity index (χ0n) is 6.85. The molecule has 0 spiro atoms. The summed E-state index contributed by atoms with van der Waals surface area (Å²) in [4.78, 5) is 11.3. The molecule has 0 aliphatic rings. The molecule has 1 rings (SSSR count). The van der Waals surface area contributed by atoms with Gasteiger partial charge in [0.25, 0.3) is 0 Å². The molecule has 72 valence electrons. The fraction of sp³-hybridized carbons (Fsp3) is 0.111. The van der Waals surface area contributed by atoms with Crippen LogP contribution < -0.4 is 0 Å². The van der Waals surface area contributed by atoms with Gasteiger partial charge in [-0.25, -0.2) is 4.39 Å². The van der Waals surface area contributed by atoms with Crippen LogP contribution in [0.1, 0.15) is 15.9 Å². The number of carbonyl (C=O) groups is 1. The molecule has 0 amide bonds. The Morgan fingerprint density at radius 3 is 2.79 bits per heavy atom. The molecule has 0 unspecified atom stereocenters. The van der Waals surface area contributed by atoms with Crippen molar-refractivity contribution in [1.82, 2.24) is 0 Å². The Morgan fingerprint density at radius 2 is 2.29 bits per heavy atom. The number of nitrogens with zero attached hydrogens (tertiary/aromatic N) is 1. The van der Waals surface area contributed by atoms with Gasteiger partial charge < -0.3 is 0 Å². The van der Waals surface area contributed by atoms with Crippen molar-refractivity contribution in [3.05, 3.63) is 32.6 Å². The molecule has 1 aromatic carbocycles. The molecule has 0 aromatic heterocycles. The molecule has 0 aliphatic heterocycles. The number of ketones is 1. The van der Waals surface area contributed by atoms with Crippen LogP contribution in [0.2, 0.25) is 0 Å². The standard InChI is InChI=1S/C9H4BrFINO/c10-3-7(14)8-6(11)2-1-5(4-13)9(8)12/h1-2H,3H2. The zero-order chi connectivity index (χ0) is 10.7. The fourth-order valence-corrected chi connectivity index (χ4v) is 2.10. The highest BCUT2D eigenvalue weighted by Crippen LogP contribution is 2.21. The van der Waals surface area contributed by atoms with Crippen LogP contribution in [0.4, 0.5) is 4.39 Å². The molecule has 0 radical (unpaired) electrons. The number of nitriles is 1. The Hall–Kier alpha value is -0.480. The Labute approximate surface area is 102 Å². The normalized spacial score (nSPS) is 9.57. The number of hydrogen-bond donors (Lipinski definition) is 0. The molecule has 2 nitrogen and oxygen atoms in total. The molecule has 0 saturated carbocycles. The predicted molar refractivity (Wildman–Crippen MR) is 62.0 cm³/mol. The second kappa shape index (κ2) is 4.84. The third-order valence-electron chi connectivity index (χ3n) is 1.61. The maximum Gasteiger partial charge on any atom is 0.177 e. The van der Waals surface area contributed by atoms with Gasteiger partial charge in [-0.15, -0.1) is 0 Å². The van der Waals surface area contributed by atoms with Crippen LogP contribution in [0.15, 0.2) is 12.1 Å². The van der Waals surface area contributed by atoms with Gasteiger partial charge in [-0.2, -0.15) is 5.26 Å². The molecule has 5 heteroatoms. The van der Waals surface area contributed by atoms with Crippen LogP contribution in [0.5, 0.6) is 0 Å². The molecule has 0 aliphatic carbocycles. The smallest absolute Gasteiger partial charge is 0.177 e. The number of halogens is 3. The highest BCUT2D eigenvalue weighted by atomic mass is 127. The van der Waals surface area contributed by atoms with Crippen molar-refractivity contribution >= 4 is 44.3 Å². The summed E-state index contributed by atoms with van der Waals surface area (Å²) in [6, 6.07) is 4.40. The van der Waals surface area contributed by atoms with Crippen molar-refractivity contribution in [1.29, 1.82) is 5.26 Å². The lowest BCUT2D eigenvalue weighted by Crippen LogP contribution is -2.07. The quantitative estimate of drug-likeness (QED) is 0.458. The van der Waals surface area contributed by atoms with Crippen molar-refractivity contribution in [2.75, 3.05) is 5.33 Å². The second-order valence-corrected chi connectivity index (χ2v) is 4.09. The molecule has 0 N–H and O–H groups in total. The number of benzene rings is 1. The summed E-state index contributed by atoms with van der Waals surface area (Å²) in [5.74, 6) is -0.943. The van der Waals surface area contributed by atoms with Crippen LogP contribution in [-0.2, 0) is 0 Å². The van der Waals surface area contributed by atoms with Crippen LogP contribution in [-0.4, -0.2) is 11.1 Å². The van der Waals surface area contributed by atoms with Crippen molar-refractivity contribution in [3.63, 3.8) is 0 Å². The van der Waals surface area contributed by atoms with Gasteiger partial charge in [0.1, 0.15) is 11.9 Å². The number of rotatable bonds is 2. The Morgan fingerprint density at radius 1 is 1.64 bits per heavy atom. The maximum atomic E-state index is 13.2. The molecule has 0 fully saturated rings. The molecular formula is C9H4BrFINO. The van der Waals surface area contributed by atoms with Gasteiger partial charge in [-0.1, -0.05) is 15.9 Å². The molecule has 0 bridgehead atoms. The van der Waals surface area contributed by atoms with Gasteiger partial charge in [-0.3, -0.25) is 4.79 Å². The average molecular weight is 368 g/mol. The summed E-state index contributed by atoms with van der Waals surface area (Å²) in [7, 11) is 0. The van der Waals surface area contributed by atoms with Crippen LogP contribution in [0, 0.1) is 20.7 Å². The predicted octanol–water partition coefficient (Wildman–Crippen LogP) is 2.88. The molecular weight excluding hydrogens is 364 g/mol. The summed E-state index contributed by atoms with van der Waals surface area (Å²) >= 11 is 4.76. The molecule has 14 heavy (non-hydrogen) atoms. The lowest BCUT2D eigenvalue weighted by molar-refractivity contribution is 0.101.